The molecule has 0 radical (unpaired) electrons. The van der Waals surface area contributed by atoms with Crippen LogP contribution < -0.4 is 0 Å². The number of amides is 1. The van der Waals surface area contributed by atoms with Crippen molar-refractivity contribution >= 4 is 17.5 Å². The summed E-state index contributed by atoms with van der Waals surface area (Å²) in [5.74, 6) is -0.0612. The third-order valence-electron chi connectivity index (χ3n) is 4.81. The normalized spacial score (nSPS) is 19.9. The molecule has 1 heterocycles. The second kappa shape index (κ2) is 7.18. The predicted molar refractivity (Wildman–Crippen MR) is 87.3 cm³/mol. The van der Waals surface area contributed by atoms with Crippen LogP contribution in [0, 0.1) is 0 Å². The van der Waals surface area contributed by atoms with Crippen LogP contribution in [0.15, 0.2) is 6.20 Å². The molecule has 0 aliphatic heterocycles. The molecule has 0 unspecified atom stereocenters. The molecule has 2 fully saturated rings. The van der Waals surface area contributed by atoms with Crippen molar-refractivity contribution < 1.29 is 9.53 Å². The Kier molecular flexibility index (Phi) is 5.21. The number of nitrogens with zero attached hydrogens (tertiary/aromatic N) is 4. The standard InChI is InChI=1S/C16H25ClN4O2/c1-2-23-16(7-3-4-8-16)12-20(15(22)9-17)11-14-10-18-19-21(14)13-5-6-13/h10,13H,2-9,11-12H2,1H3. The van der Waals surface area contributed by atoms with E-state index in [4.69, 9.17) is 16.3 Å². The molecule has 0 saturated heterocycles. The van der Waals surface area contributed by atoms with Crippen LogP contribution in [0.1, 0.15) is 57.2 Å². The zero-order valence-electron chi connectivity index (χ0n) is 13.7. The van der Waals surface area contributed by atoms with E-state index in [1.54, 1.807) is 6.20 Å². The molecule has 0 bridgehead atoms. The summed E-state index contributed by atoms with van der Waals surface area (Å²) in [5.41, 5.74) is 0.768. The number of alkyl halides is 1. The van der Waals surface area contributed by atoms with Gasteiger partial charge in [-0.1, -0.05) is 18.1 Å². The molecule has 7 heteroatoms. The van der Waals surface area contributed by atoms with Gasteiger partial charge < -0.3 is 9.64 Å². The van der Waals surface area contributed by atoms with Gasteiger partial charge in [-0.05, 0) is 32.6 Å². The van der Waals surface area contributed by atoms with Crippen molar-refractivity contribution in [2.45, 2.75) is 63.6 Å². The van der Waals surface area contributed by atoms with Gasteiger partial charge in [0.25, 0.3) is 0 Å². The maximum atomic E-state index is 12.4. The first-order valence-electron chi connectivity index (χ1n) is 8.54. The Morgan fingerprint density at radius 2 is 2.22 bits per heavy atom. The quantitative estimate of drug-likeness (QED) is 0.682. The average molecular weight is 341 g/mol. The molecule has 0 aromatic carbocycles. The molecule has 23 heavy (non-hydrogen) atoms. The fourth-order valence-electron chi connectivity index (χ4n) is 3.54. The van der Waals surface area contributed by atoms with Crippen LogP contribution in [-0.2, 0) is 16.1 Å². The largest absolute Gasteiger partial charge is 0.373 e. The third kappa shape index (κ3) is 3.86. The maximum absolute atomic E-state index is 12.4. The lowest BCUT2D eigenvalue weighted by Gasteiger charge is -2.35. The number of aromatic nitrogens is 3. The minimum Gasteiger partial charge on any atom is -0.373 e. The molecule has 1 amide bonds. The number of halogens is 1. The zero-order chi connectivity index (χ0) is 16.3. The molecule has 2 aliphatic rings. The summed E-state index contributed by atoms with van der Waals surface area (Å²) in [6, 6.07) is 0.452. The fourth-order valence-corrected chi connectivity index (χ4v) is 3.71. The van der Waals surface area contributed by atoms with Gasteiger partial charge in [-0.2, -0.15) is 0 Å². The van der Waals surface area contributed by atoms with E-state index in [1.165, 1.54) is 0 Å². The first-order chi connectivity index (χ1) is 11.2. The van der Waals surface area contributed by atoms with Gasteiger partial charge in [-0.3, -0.25) is 4.79 Å². The highest BCUT2D eigenvalue weighted by Gasteiger charge is 2.38. The highest BCUT2D eigenvalue weighted by atomic mass is 35.5. The van der Waals surface area contributed by atoms with E-state index in [9.17, 15) is 4.79 Å². The van der Waals surface area contributed by atoms with Crippen molar-refractivity contribution in [3.8, 4) is 0 Å². The number of ether oxygens (including phenoxy) is 1. The van der Waals surface area contributed by atoms with Crippen molar-refractivity contribution in [1.29, 1.82) is 0 Å². The molecule has 0 atom stereocenters. The van der Waals surface area contributed by atoms with Crippen molar-refractivity contribution in [3.05, 3.63) is 11.9 Å². The Morgan fingerprint density at radius 1 is 1.48 bits per heavy atom. The number of carbonyl (C=O) groups excluding carboxylic acids is 1. The van der Waals surface area contributed by atoms with E-state index >= 15 is 0 Å². The van der Waals surface area contributed by atoms with Crippen molar-refractivity contribution in [3.63, 3.8) is 0 Å². The van der Waals surface area contributed by atoms with E-state index in [-0.39, 0.29) is 17.4 Å². The Hall–Kier alpha value is -1.14. The molecule has 6 nitrogen and oxygen atoms in total. The van der Waals surface area contributed by atoms with Gasteiger partial charge in [0.1, 0.15) is 5.88 Å². The molecule has 1 aromatic heterocycles. The van der Waals surface area contributed by atoms with Gasteiger partial charge in [-0.25, -0.2) is 4.68 Å². The topological polar surface area (TPSA) is 60.2 Å². The Bertz CT molecular complexity index is 538. The molecule has 2 saturated carbocycles. The van der Waals surface area contributed by atoms with Gasteiger partial charge in [0.15, 0.2) is 0 Å². The van der Waals surface area contributed by atoms with Crippen LogP contribution in [0.4, 0.5) is 0 Å². The first-order valence-corrected chi connectivity index (χ1v) is 9.07. The minimum atomic E-state index is -0.214. The van der Waals surface area contributed by atoms with E-state index in [0.717, 1.165) is 44.2 Å². The molecular weight excluding hydrogens is 316 g/mol. The van der Waals surface area contributed by atoms with Gasteiger partial charge in [0.05, 0.1) is 36.6 Å². The minimum absolute atomic E-state index is 0.00675. The van der Waals surface area contributed by atoms with Gasteiger partial charge in [0.2, 0.25) is 5.91 Å². The summed E-state index contributed by atoms with van der Waals surface area (Å²) in [5, 5.41) is 8.18. The van der Waals surface area contributed by atoms with Crippen molar-refractivity contribution in [2.75, 3.05) is 19.0 Å². The van der Waals surface area contributed by atoms with Crippen LogP contribution in [0.2, 0.25) is 0 Å². The smallest absolute Gasteiger partial charge is 0.237 e. The Labute approximate surface area is 142 Å². The van der Waals surface area contributed by atoms with Gasteiger partial charge in [-0.15, -0.1) is 16.7 Å². The molecule has 128 valence electrons. The molecule has 0 spiro atoms. The summed E-state index contributed by atoms with van der Waals surface area (Å²) >= 11 is 5.84. The molecule has 3 rings (SSSR count). The Balaban J connectivity index is 1.74. The summed E-state index contributed by atoms with van der Waals surface area (Å²) in [7, 11) is 0. The summed E-state index contributed by atoms with van der Waals surface area (Å²) < 4.78 is 8.00. The lowest BCUT2D eigenvalue weighted by molar-refractivity contribution is -0.135. The third-order valence-corrected chi connectivity index (χ3v) is 5.03. The first kappa shape index (κ1) is 16.7. The zero-order valence-corrected chi connectivity index (χ0v) is 14.5. The number of hydrogen-bond acceptors (Lipinski definition) is 4. The maximum Gasteiger partial charge on any atom is 0.237 e. The van der Waals surface area contributed by atoms with Crippen molar-refractivity contribution in [1.82, 2.24) is 19.9 Å². The van der Waals surface area contributed by atoms with Gasteiger partial charge >= 0.3 is 0 Å². The average Bonchev–Trinajstić information content (AvgIpc) is 3.12. The summed E-state index contributed by atoms with van der Waals surface area (Å²) in [4.78, 5) is 14.2. The molecule has 0 N–H and O–H groups in total. The van der Waals surface area contributed by atoms with Crippen LogP contribution >= 0.6 is 11.6 Å². The van der Waals surface area contributed by atoms with Crippen LogP contribution in [0.3, 0.4) is 0 Å². The van der Waals surface area contributed by atoms with Crippen LogP contribution in [0.5, 0.6) is 0 Å². The molecule has 2 aliphatic carbocycles. The predicted octanol–water partition coefficient (Wildman–Crippen LogP) is 2.53. The summed E-state index contributed by atoms with van der Waals surface area (Å²) in [6.45, 7) is 3.79. The lowest BCUT2D eigenvalue weighted by atomic mass is 10.0. The molecule has 1 aromatic rings. The SMILES string of the molecule is CCOC1(CN(Cc2cnnn2C2CC2)C(=O)CCl)CCCC1. The van der Waals surface area contributed by atoms with E-state index < -0.39 is 0 Å². The van der Waals surface area contributed by atoms with Crippen LogP contribution in [0.25, 0.3) is 0 Å². The Morgan fingerprint density at radius 3 is 2.83 bits per heavy atom. The summed E-state index contributed by atoms with van der Waals surface area (Å²) in [6.07, 6.45) is 8.37. The monoisotopic (exact) mass is 340 g/mol. The lowest BCUT2D eigenvalue weighted by Crippen LogP contribution is -2.46. The van der Waals surface area contributed by atoms with E-state index in [2.05, 4.69) is 10.3 Å². The highest BCUT2D eigenvalue weighted by Crippen LogP contribution is 2.36. The van der Waals surface area contributed by atoms with E-state index in [0.29, 0.717) is 25.7 Å². The fraction of sp³-hybridized carbons (Fsp3) is 0.812. The van der Waals surface area contributed by atoms with E-state index in [1.807, 2.05) is 16.5 Å². The second-order valence-electron chi connectivity index (χ2n) is 6.61. The number of rotatable bonds is 8. The number of carbonyl (C=O) groups is 1. The van der Waals surface area contributed by atoms with Crippen LogP contribution in [-0.4, -0.2) is 50.4 Å². The van der Waals surface area contributed by atoms with Crippen molar-refractivity contribution in [2.24, 2.45) is 0 Å². The molecular formula is C16H25ClN4O2. The number of hydrogen-bond donors (Lipinski definition) is 0. The van der Waals surface area contributed by atoms with Gasteiger partial charge in [0, 0.05) is 6.61 Å². The highest BCUT2D eigenvalue weighted by molar-refractivity contribution is 6.27. The second-order valence-corrected chi connectivity index (χ2v) is 6.87.